The Morgan fingerprint density at radius 2 is 2.05 bits per heavy atom. The predicted octanol–water partition coefficient (Wildman–Crippen LogP) is 1.82. The molecule has 106 valence electrons. The fourth-order valence-electron chi connectivity index (χ4n) is 3.02. The summed E-state index contributed by atoms with van der Waals surface area (Å²) in [6.45, 7) is 1.42. The van der Waals surface area contributed by atoms with Crippen molar-refractivity contribution in [1.82, 2.24) is 10.2 Å². The molecular weight excluding hydrogens is 254 g/mol. The smallest absolute Gasteiger partial charge is 0.321 e. The van der Waals surface area contributed by atoms with Gasteiger partial charge in [0.05, 0.1) is 0 Å². The van der Waals surface area contributed by atoms with E-state index in [-0.39, 0.29) is 18.0 Å². The lowest BCUT2D eigenvalue weighted by Crippen LogP contribution is -2.55. The Bertz CT molecular complexity index is 503. The topological polar surface area (TPSA) is 61.4 Å². The Labute approximate surface area is 118 Å². The number of hydrogen-bond donors (Lipinski definition) is 2. The molecule has 5 heteroatoms. The predicted molar refractivity (Wildman–Crippen MR) is 76.3 cm³/mol. The zero-order valence-corrected chi connectivity index (χ0v) is 11.3. The van der Waals surface area contributed by atoms with Crippen molar-refractivity contribution in [3.63, 3.8) is 0 Å². The van der Waals surface area contributed by atoms with E-state index in [4.69, 9.17) is 0 Å². The van der Waals surface area contributed by atoms with Crippen LogP contribution < -0.4 is 10.6 Å². The largest absolute Gasteiger partial charge is 0.353 e. The molecule has 2 atom stereocenters. The molecule has 0 aliphatic carbocycles. The molecule has 0 radical (unpaired) electrons. The molecule has 3 amide bonds. The van der Waals surface area contributed by atoms with Crippen LogP contribution in [-0.4, -0.2) is 36.0 Å². The van der Waals surface area contributed by atoms with Crippen LogP contribution in [0, 0.1) is 5.92 Å². The molecule has 2 aliphatic heterocycles. The van der Waals surface area contributed by atoms with E-state index in [2.05, 4.69) is 10.6 Å². The van der Waals surface area contributed by atoms with Gasteiger partial charge >= 0.3 is 6.03 Å². The third-order valence-electron chi connectivity index (χ3n) is 4.13. The van der Waals surface area contributed by atoms with E-state index in [1.54, 1.807) is 0 Å². The van der Waals surface area contributed by atoms with Gasteiger partial charge < -0.3 is 15.5 Å². The highest BCUT2D eigenvalue weighted by atomic mass is 16.2. The molecule has 2 fully saturated rings. The quantitative estimate of drug-likeness (QED) is 0.820. The summed E-state index contributed by atoms with van der Waals surface area (Å²) in [4.78, 5) is 25.5. The van der Waals surface area contributed by atoms with E-state index < -0.39 is 0 Å². The van der Waals surface area contributed by atoms with Crippen LogP contribution in [0.1, 0.15) is 19.3 Å². The number of carbonyl (C=O) groups excluding carboxylic acids is 2. The second-order valence-electron chi connectivity index (χ2n) is 5.50. The SMILES string of the molecule is O=C1CCC2CN(C(=O)Nc3ccccc3)CCC2N1. The first-order valence-corrected chi connectivity index (χ1v) is 7.13. The summed E-state index contributed by atoms with van der Waals surface area (Å²) >= 11 is 0. The number of fused-ring (bicyclic) bond motifs is 1. The summed E-state index contributed by atoms with van der Waals surface area (Å²) in [5.41, 5.74) is 0.816. The number of likely N-dealkylation sites (tertiary alicyclic amines) is 1. The highest BCUT2D eigenvalue weighted by Crippen LogP contribution is 2.25. The number of rotatable bonds is 1. The van der Waals surface area contributed by atoms with Gasteiger partial charge in [0, 0.05) is 31.2 Å². The van der Waals surface area contributed by atoms with Gasteiger partial charge in [-0.1, -0.05) is 18.2 Å². The number of hydrogen-bond acceptors (Lipinski definition) is 2. The first-order chi connectivity index (χ1) is 9.72. The van der Waals surface area contributed by atoms with Crippen LogP contribution in [0.25, 0.3) is 0 Å². The molecule has 2 saturated heterocycles. The number of para-hydroxylation sites is 1. The Kier molecular flexibility index (Phi) is 3.58. The summed E-state index contributed by atoms with van der Waals surface area (Å²) < 4.78 is 0. The minimum absolute atomic E-state index is 0.0495. The summed E-state index contributed by atoms with van der Waals surface area (Å²) in [6.07, 6.45) is 2.31. The summed E-state index contributed by atoms with van der Waals surface area (Å²) in [6, 6.07) is 9.68. The van der Waals surface area contributed by atoms with E-state index in [0.29, 0.717) is 18.9 Å². The second-order valence-corrected chi connectivity index (χ2v) is 5.50. The standard InChI is InChI=1S/C15H19N3O2/c19-14-7-6-11-10-18(9-8-13(11)17-14)15(20)16-12-4-2-1-3-5-12/h1-5,11,13H,6-10H2,(H,16,20)(H,17,19). The van der Waals surface area contributed by atoms with Crippen LogP contribution in [0.3, 0.4) is 0 Å². The first-order valence-electron chi connectivity index (χ1n) is 7.13. The van der Waals surface area contributed by atoms with Crippen molar-refractivity contribution < 1.29 is 9.59 Å². The van der Waals surface area contributed by atoms with Crippen molar-refractivity contribution in [2.75, 3.05) is 18.4 Å². The van der Waals surface area contributed by atoms with Gasteiger partial charge in [-0.3, -0.25) is 4.79 Å². The maximum absolute atomic E-state index is 12.2. The van der Waals surface area contributed by atoms with Gasteiger partial charge in [0.2, 0.25) is 5.91 Å². The Morgan fingerprint density at radius 3 is 2.85 bits per heavy atom. The zero-order chi connectivity index (χ0) is 13.9. The van der Waals surface area contributed by atoms with E-state index in [9.17, 15) is 9.59 Å². The number of amides is 3. The van der Waals surface area contributed by atoms with Gasteiger partial charge in [-0.05, 0) is 30.9 Å². The molecule has 2 heterocycles. The Balaban J connectivity index is 1.59. The van der Waals surface area contributed by atoms with Crippen LogP contribution in [-0.2, 0) is 4.79 Å². The third-order valence-corrected chi connectivity index (χ3v) is 4.13. The third kappa shape index (κ3) is 2.76. The molecular formula is C15H19N3O2. The second kappa shape index (κ2) is 5.53. The number of nitrogens with zero attached hydrogens (tertiary/aromatic N) is 1. The minimum Gasteiger partial charge on any atom is -0.353 e. The summed E-state index contributed by atoms with van der Waals surface area (Å²) in [5, 5.41) is 5.95. The molecule has 0 spiro atoms. The molecule has 20 heavy (non-hydrogen) atoms. The van der Waals surface area contributed by atoms with Crippen LogP contribution in [0.15, 0.2) is 30.3 Å². The molecule has 0 aromatic heterocycles. The number of urea groups is 1. The Morgan fingerprint density at radius 1 is 1.25 bits per heavy atom. The van der Waals surface area contributed by atoms with Crippen LogP contribution in [0.2, 0.25) is 0 Å². The maximum atomic E-state index is 12.2. The van der Waals surface area contributed by atoms with Crippen LogP contribution in [0.4, 0.5) is 10.5 Å². The van der Waals surface area contributed by atoms with Crippen molar-refractivity contribution in [2.24, 2.45) is 5.92 Å². The van der Waals surface area contributed by atoms with Crippen LogP contribution in [0.5, 0.6) is 0 Å². The number of anilines is 1. The molecule has 0 bridgehead atoms. The maximum Gasteiger partial charge on any atom is 0.321 e. The number of piperidine rings is 2. The van der Waals surface area contributed by atoms with Gasteiger partial charge in [0.15, 0.2) is 0 Å². The molecule has 1 aromatic carbocycles. The number of benzene rings is 1. The summed E-state index contributed by atoms with van der Waals surface area (Å²) in [7, 11) is 0. The molecule has 2 N–H and O–H groups in total. The highest BCUT2D eigenvalue weighted by molar-refractivity contribution is 5.89. The Hall–Kier alpha value is -2.04. The lowest BCUT2D eigenvalue weighted by molar-refractivity contribution is -0.125. The van der Waals surface area contributed by atoms with Crippen LogP contribution >= 0.6 is 0 Å². The monoisotopic (exact) mass is 273 g/mol. The lowest BCUT2D eigenvalue weighted by Gasteiger charge is -2.41. The normalized spacial score (nSPS) is 25.6. The zero-order valence-electron chi connectivity index (χ0n) is 11.3. The van der Waals surface area contributed by atoms with Gasteiger partial charge in [0.1, 0.15) is 0 Å². The average Bonchev–Trinajstić information content (AvgIpc) is 2.47. The van der Waals surface area contributed by atoms with E-state index in [0.717, 1.165) is 25.1 Å². The van der Waals surface area contributed by atoms with Crippen molar-refractivity contribution in [2.45, 2.75) is 25.3 Å². The van der Waals surface area contributed by atoms with E-state index in [1.807, 2.05) is 35.2 Å². The number of nitrogens with one attached hydrogen (secondary N) is 2. The lowest BCUT2D eigenvalue weighted by atomic mass is 9.85. The molecule has 1 aromatic rings. The van der Waals surface area contributed by atoms with Gasteiger partial charge in [-0.2, -0.15) is 0 Å². The van der Waals surface area contributed by atoms with Crippen molar-refractivity contribution in [3.05, 3.63) is 30.3 Å². The fraction of sp³-hybridized carbons (Fsp3) is 0.467. The molecule has 0 saturated carbocycles. The molecule has 2 aliphatic rings. The molecule has 5 nitrogen and oxygen atoms in total. The van der Waals surface area contributed by atoms with Gasteiger partial charge in [0.25, 0.3) is 0 Å². The highest BCUT2D eigenvalue weighted by Gasteiger charge is 2.35. The fourth-order valence-corrected chi connectivity index (χ4v) is 3.02. The molecule has 3 rings (SSSR count). The number of carbonyl (C=O) groups is 2. The van der Waals surface area contributed by atoms with E-state index in [1.165, 1.54) is 0 Å². The van der Waals surface area contributed by atoms with Gasteiger partial charge in [-0.15, -0.1) is 0 Å². The van der Waals surface area contributed by atoms with Crippen molar-refractivity contribution in [1.29, 1.82) is 0 Å². The summed E-state index contributed by atoms with van der Waals surface area (Å²) in [5.74, 6) is 0.538. The van der Waals surface area contributed by atoms with Crippen molar-refractivity contribution >= 4 is 17.6 Å². The first kappa shape index (κ1) is 13.0. The van der Waals surface area contributed by atoms with E-state index >= 15 is 0 Å². The average molecular weight is 273 g/mol. The van der Waals surface area contributed by atoms with Crippen molar-refractivity contribution in [3.8, 4) is 0 Å². The minimum atomic E-state index is -0.0495. The van der Waals surface area contributed by atoms with Gasteiger partial charge in [-0.25, -0.2) is 4.79 Å². The molecule has 2 unspecified atom stereocenters.